The molecule has 2 N–H and O–H groups in total. The van der Waals surface area contributed by atoms with E-state index in [1.807, 2.05) is 77.1 Å². The Bertz CT molecular complexity index is 1420. The van der Waals surface area contributed by atoms with Crippen molar-refractivity contribution >= 4 is 28.9 Å². The van der Waals surface area contributed by atoms with Crippen LogP contribution in [0.3, 0.4) is 0 Å². The third-order valence-corrected chi connectivity index (χ3v) is 6.55. The van der Waals surface area contributed by atoms with Gasteiger partial charge < -0.3 is 24.4 Å². The first-order valence-corrected chi connectivity index (χ1v) is 13.0. The smallest absolute Gasteiger partial charge is 0.414 e. The predicted molar refractivity (Wildman–Crippen MR) is 149 cm³/mol. The SMILES string of the molecule is CC(Oc1ccccc1)c1nc2ccccc2n1CC(=O)N1CCN(Cc2ccccc2)CC1.O=C(O)C(=O)O. The standard InChI is InChI=1S/C28H30N4O2.C2H2O4/c1-22(34-24-12-6-3-7-13-24)28-29-25-14-8-9-15-26(25)32(28)21-27(33)31-18-16-30(17-19-31)20-23-10-4-2-5-11-23;3-1(4)2(5)6/h2-15,22H,16-21H2,1H3;(H,3,4)(H,5,6). The van der Waals surface area contributed by atoms with E-state index in [9.17, 15) is 4.79 Å². The Morgan fingerprint density at radius 3 is 2.02 bits per heavy atom. The monoisotopic (exact) mass is 544 g/mol. The zero-order valence-corrected chi connectivity index (χ0v) is 22.2. The molecule has 1 aromatic heterocycles. The summed E-state index contributed by atoms with van der Waals surface area (Å²) in [5.41, 5.74) is 3.14. The number of carbonyl (C=O) groups excluding carboxylic acids is 1. The largest absolute Gasteiger partial charge is 0.483 e. The number of rotatable bonds is 7. The Morgan fingerprint density at radius 1 is 0.825 bits per heavy atom. The molecule has 1 saturated heterocycles. The average Bonchev–Trinajstić information content (AvgIpc) is 3.33. The lowest BCUT2D eigenvalue weighted by Gasteiger charge is -2.35. The van der Waals surface area contributed by atoms with Gasteiger partial charge in [0.15, 0.2) is 11.9 Å². The van der Waals surface area contributed by atoms with Crippen molar-refractivity contribution in [3.05, 3.63) is 96.3 Å². The lowest BCUT2D eigenvalue weighted by atomic mass is 10.2. The van der Waals surface area contributed by atoms with Crippen LogP contribution >= 0.6 is 0 Å². The van der Waals surface area contributed by atoms with Crippen LogP contribution in [-0.2, 0) is 27.5 Å². The van der Waals surface area contributed by atoms with Crippen LogP contribution in [0.1, 0.15) is 24.4 Å². The summed E-state index contributed by atoms with van der Waals surface area (Å²) in [6.45, 7) is 6.41. The van der Waals surface area contributed by atoms with Gasteiger partial charge in [0.1, 0.15) is 12.3 Å². The van der Waals surface area contributed by atoms with Crippen molar-refractivity contribution in [1.29, 1.82) is 0 Å². The second kappa shape index (κ2) is 13.4. The Hall–Kier alpha value is -4.70. The van der Waals surface area contributed by atoms with Crippen LogP contribution < -0.4 is 4.74 Å². The highest BCUT2D eigenvalue weighted by atomic mass is 16.5. The minimum absolute atomic E-state index is 0.121. The molecular weight excluding hydrogens is 512 g/mol. The topological polar surface area (TPSA) is 125 Å². The summed E-state index contributed by atoms with van der Waals surface area (Å²) >= 11 is 0. The lowest BCUT2D eigenvalue weighted by Crippen LogP contribution is -2.49. The molecule has 1 atom stereocenters. The zero-order valence-electron chi connectivity index (χ0n) is 22.2. The number of carboxylic acid groups (broad SMARTS) is 2. The van der Waals surface area contributed by atoms with Gasteiger partial charge in [0, 0.05) is 32.7 Å². The highest BCUT2D eigenvalue weighted by Gasteiger charge is 2.25. The fourth-order valence-electron chi connectivity index (χ4n) is 4.56. The van der Waals surface area contributed by atoms with E-state index in [2.05, 4.69) is 29.2 Å². The van der Waals surface area contributed by atoms with Gasteiger partial charge in [0.25, 0.3) is 0 Å². The molecule has 2 heterocycles. The van der Waals surface area contributed by atoms with E-state index in [-0.39, 0.29) is 18.6 Å². The molecule has 1 aliphatic rings. The van der Waals surface area contributed by atoms with Gasteiger partial charge in [-0.2, -0.15) is 0 Å². The third kappa shape index (κ3) is 7.45. The molecule has 208 valence electrons. The molecule has 1 unspecified atom stereocenters. The van der Waals surface area contributed by atoms with Gasteiger partial charge in [-0.1, -0.05) is 60.7 Å². The van der Waals surface area contributed by atoms with E-state index in [0.29, 0.717) is 0 Å². The van der Waals surface area contributed by atoms with Crippen molar-refractivity contribution in [2.24, 2.45) is 0 Å². The molecule has 0 bridgehead atoms. The number of aliphatic carboxylic acids is 2. The Balaban J connectivity index is 0.000000557. The lowest BCUT2D eigenvalue weighted by molar-refractivity contribution is -0.159. The maximum atomic E-state index is 13.3. The number of benzene rings is 3. The molecule has 0 radical (unpaired) electrons. The van der Waals surface area contributed by atoms with E-state index in [1.54, 1.807) is 0 Å². The summed E-state index contributed by atoms with van der Waals surface area (Å²) < 4.78 is 8.17. The molecule has 10 nitrogen and oxygen atoms in total. The molecule has 0 spiro atoms. The number of hydrogen-bond donors (Lipinski definition) is 2. The Kier molecular flexibility index (Phi) is 9.48. The van der Waals surface area contributed by atoms with E-state index >= 15 is 0 Å². The van der Waals surface area contributed by atoms with Crippen molar-refractivity contribution < 1.29 is 29.3 Å². The highest BCUT2D eigenvalue weighted by molar-refractivity contribution is 6.27. The van der Waals surface area contributed by atoms with Crippen molar-refractivity contribution in [3.63, 3.8) is 0 Å². The second-order valence-corrected chi connectivity index (χ2v) is 9.37. The molecule has 0 saturated carbocycles. The van der Waals surface area contributed by atoms with Crippen LogP contribution in [0.5, 0.6) is 5.75 Å². The van der Waals surface area contributed by atoms with Gasteiger partial charge >= 0.3 is 11.9 Å². The van der Waals surface area contributed by atoms with Gasteiger partial charge in [-0.3, -0.25) is 9.69 Å². The van der Waals surface area contributed by atoms with E-state index in [1.165, 1.54) is 5.56 Å². The quantitative estimate of drug-likeness (QED) is 0.338. The Labute approximate surface area is 232 Å². The number of hydrogen-bond acceptors (Lipinski definition) is 6. The number of piperazine rings is 1. The number of nitrogens with zero attached hydrogens (tertiary/aromatic N) is 4. The predicted octanol–water partition coefficient (Wildman–Crippen LogP) is 3.68. The number of fused-ring (bicyclic) bond motifs is 1. The van der Waals surface area contributed by atoms with Crippen molar-refractivity contribution in [2.75, 3.05) is 26.2 Å². The average molecular weight is 545 g/mol. The summed E-state index contributed by atoms with van der Waals surface area (Å²) in [5.74, 6) is -1.98. The van der Waals surface area contributed by atoms with Crippen LogP contribution in [-0.4, -0.2) is 73.6 Å². The first kappa shape index (κ1) is 28.3. The van der Waals surface area contributed by atoms with Gasteiger partial charge in [-0.15, -0.1) is 0 Å². The number of aromatic nitrogens is 2. The molecule has 1 amide bonds. The van der Waals surface area contributed by atoms with Gasteiger partial charge in [0.2, 0.25) is 5.91 Å². The Morgan fingerprint density at radius 2 is 1.40 bits per heavy atom. The molecule has 4 aromatic rings. The fourth-order valence-corrected chi connectivity index (χ4v) is 4.56. The van der Waals surface area contributed by atoms with Crippen LogP contribution in [0.15, 0.2) is 84.9 Å². The first-order chi connectivity index (χ1) is 19.3. The molecule has 0 aliphatic carbocycles. The van der Waals surface area contributed by atoms with E-state index in [0.717, 1.165) is 55.3 Å². The first-order valence-electron chi connectivity index (χ1n) is 13.0. The molecule has 1 fully saturated rings. The highest BCUT2D eigenvalue weighted by Crippen LogP contribution is 2.25. The summed E-state index contributed by atoms with van der Waals surface area (Å²) in [6.07, 6.45) is -0.287. The molecule has 10 heteroatoms. The number of ether oxygens (including phenoxy) is 1. The molecule has 5 rings (SSSR count). The molecule has 40 heavy (non-hydrogen) atoms. The second-order valence-electron chi connectivity index (χ2n) is 9.37. The van der Waals surface area contributed by atoms with Gasteiger partial charge in [0.05, 0.1) is 11.0 Å². The van der Waals surface area contributed by atoms with Crippen molar-refractivity contribution in [2.45, 2.75) is 26.1 Å². The number of carboxylic acids is 2. The number of amides is 1. The number of carbonyl (C=O) groups is 3. The maximum absolute atomic E-state index is 13.3. The van der Waals surface area contributed by atoms with Gasteiger partial charge in [-0.05, 0) is 36.8 Å². The van der Waals surface area contributed by atoms with Crippen LogP contribution in [0.25, 0.3) is 11.0 Å². The van der Waals surface area contributed by atoms with E-state index < -0.39 is 11.9 Å². The molecular formula is C30H32N4O6. The molecule has 3 aromatic carbocycles. The van der Waals surface area contributed by atoms with Crippen LogP contribution in [0.4, 0.5) is 0 Å². The molecule has 1 aliphatic heterocycles. The minimum atomic E-state index is -1.82. The van der Waals surface area contributed by atoms with E-state index in [4.69, 9.17) is 29.5 Å². The van der Waals surface area contributed by atoms with Crippen LogP contribution in [0, 0.1) is 0 Å². The third-order valence-electron chi connectivity index (χ3n) is 6.55. The fraction of sp³-hybridized carbons (Fsp3) is 0.267. The number of para-hydroxylation sites is 3. The number of imidazole rings is 1. The van der Waals surface area contributed by atoms with Crippen molar-refractivity contribution in [3.8, 4) is 5.75 Å². The summed E-state index contributed by atoms with van der Waals surface area (Å²) in [4.78, 5) is 40.7. The summed E-state index contributed by atoms with van der Waals surface area (Å²) in [6, 6.07) is 28.2. The summed E-state index contributed by atoms with van der Waals surface area (Å²) in [7, 11) is 0. The van der Waals surface area contributed by atoms with Gasteiger partial charge in [-0.25, -0.2) is 14.6 Å². The maximum Gasteiger partial charge on any atom is 0.414 e. The minimum Gasteiger partial charge on any atom is -0.483 e. The zero-order chi connectivity index (χ0) is 28.5. The van der Waals surface area contributed by atoms with Crippen LogP contribution in [0.2, 0.25) is 0 Å². The summed E-state index contributed by atoms with van der Waals surface area (Å²) in [5, 5.41) is 14.8. The van der Waals surface area contributed by atoms with Crippen molar-refractivity contribution in [1.82, 2.24) is 19.4 Å². The normalized spacial score (nSPS) is 14.2.